The van der Waals surface area contributed by atoms with Gasteiger partial charge in [0.25, 0.3) is 0 Å². The molecule has 29 heavy (non-hydrogen) atoms. The first kappa shape index (κ1) is 19.5. The summed E-state index contributed by atoms with van der Waals surface area (Å²) in [6.07, 6.45) is 1.81. The van der Waals surface area contributed by atoms with Crippen molar-refractivity contribution in [3.63, 3.8) is 0 Å². The first-order valence-corrected chi connectivity index (χ1v) is 10.2. The van der Waals surface area contributed by atoms with E-state index in [1.807, 2.05) is 31.4 Å². The van der Waals surface area contributed by atoms with Crippen molar-refractivity contribution in [2.45, 2.75) is 20.0 Å². The monoisotopic (exact) mass is 392 g/mol. The molecule has 0 saturated carbocycles. The average molecular weight is 393 g/mol. The van der Waals surface area contributed by atoms with Gasteiger partial charge in [0.05, 0.1) is 6.54 Å². The molecule has 3 heterocycles. The van der Waals surface area contributed by atoms with E-state index in [4.69, 9.17) is 4.52 Å². The third-order valence-electron chi connectivity index (χ3n) is 5.40. The number of rotatable bonds is 7. The molecule has 152 valence electrons. The number of hydrogen-bond donors (Lipinski definition) is 0. The number of anilines is 1. The van der Waals surface area contributed by atoms with Gasteiger partial charge in [-0.25, -0.2) is 4.98 Å². The second-order valence-electron chi connectivity index (χ2n) is 7.47. The van der Waals surface area contributed by atoms with Crippen LogP contribution in [0.1, 0.15) is 18.4 Å². The molecule has 7 nitrogen and oxygen atoms in total. The Balaban J connectivity index is 1.36. The van der Waals surface area contributed by atoms with Crippen LogP contribution in [-0.4, -0.2) is 64.7 Å². The summed E-state index contributed by atoms with van der Waals surface area (Å²) in [5.74, 6) is 2.17. The number of hydrogen-bond acceptors (Lipinski definition) is 7. The number of piperazine rings is 1. The van der Waals surface area contributed by atoms with Crippen LogP contribution in [0.3, 0.4) is 0 Å². The van der Waals surface area contributed by atoms with Crippen molar-refractivity contribution in [3.8, 4) is 11.4 Å². The van der Waals surface area contributed by atoms with Crippen molar-refractivity contribution in [1.29, 1.82) is 0 Å². The van der Waals surface area contributed by atoms with Gasteiger partial charge in [0.2, 0.25) is 11.7 Å². The van der Waals surface area contributed by atoms with Crippen molar-refractivity contribution < 1.29 is 4.52 Å². The number of benzene rings is 1. The van der Waals surface area contributed by atoms with Crippen LogP contribution in [0.4, 0.5) is 5.82 Å². The third kappa shape index (κ3) is 4.99. The Bertz CT molecular complexity index is 887. The molecule has 4 rings (SSSR count). The van der Waals surface area contributed by atoms with E-state index in [2.05, 4.69) is 61.0 Å². The third-order valence-corrected chi connectivity index (χ3v) is 5.40. The minimum atomic E-state index is 0.594. The van der Waals surface area contributed by atoms with Crippen LogP contribution >= 0.6 is 0 Å². The fraction of sp³-hybridized carbons (Fsp3) is 0.409. The van der Waals surface area contributed by atoms with E-state index in [1.165, 1.54) is 5.56 Å². The zero-order valence-corrected chi connectivity index (χ0v) is 17.2. The minimum absolute atomic E-state index is 0.594. The highest BCUT2D eigenvalue weighted by Gasteiger charge is 2.18. The van der Waals surface area contributed by atoms with Crippen molar-refractivity contribution in [2.24, 2.45) is 0 Å². The Labute approximate surface area is 172 Å². The molecule has 1 fully saturated rings. The zero-order valence-electron chi connectivity index (χ0n) is 17.2. The molecule has 3 aromatic rings. The molecule has 1 saturated heterocycles. The van der Waals surface area contributed by atoms with E-state index in [-0.39, 0.29) is 0 Å². The lowest BCUT2D eigenvalue weighted by molar-refractivity contribution is 0.121. The first-order valence-electron chi connectivity index (χ1n) is 10.2. The van der Waals surface area contributed by atoms with Gasteiger partial charge in [0.15, 0.2) is 0 Å². The van der Waals surface area contributed by atoms with Crippen LogP contribution in [0, 0.1) is 0 Å². The van der Waals surface area contributed by atoms with E-state index in [0.717, 1.165) is 50.6 Å². The molecule has 0 atom stereocenters. The lowest BCUT2D eigenvalue weighted by Crippen LogP contribution is -2.45. The maximum atomic E-state index is 5.48. The van der Waals surface area contributed by atoms with Gasteiger partial charge in [0, 0.05) is 51.5 Å². The molecule has 0 radical (unpaired) electrons. The summed E-state index contributed by atoms with van der Waals surface area (Å²) in [6.45, 7) is 9.10. The summed E-state index contributed by atoms with van der Waals surface area (Å²) in [6, 6.07) is 14.4. The van der Waals surface area contributed by atoms with E-state index in [0.29, 0.717) is 18.3 Å². The largest absolute Gasteiger partial charge is 0.355 e. The van der Waals surface area contributed by atoms with Crippen molar-refractivity contribution in [1.82, 2.24) is 24.9 Å². The molecule has 1 aliphatic heterocycles. The summed E-state index contributed by atoms with van der Waals surface area (Å²) in [4.78, 5) is 16.1. The van der Waals surface area contributed by atoms with Gasteiger partial charge in [-0.3, -0.25) is 4.90 Å². The molecule has 0 unspecified atom stereocenters. The van der Waals surface area contributed by atoms with Gasteiger partial charge in [-0.05, 0) is 24.2 Å². The smallest absolute Gasteiger partial charge is 0.241 e. The van der Waals surface area contributed by atoms with Gasteiger partial charge in [-0.2, -0.15) is 4.98 Å². The number of likely N-dealkylation sites (N-methyl/N-ethyl adjacent to an activating group) is 1. The molecule has 2 aromatic heterocycles. The van der Waals surface area contributed by atoms with E-state index >= 15 is 0 Å². The van der Waals surface area contributed by atoms with Gasteiger partial charge in [-0.1, -0.05) is 42.4 Å². The molecule has 7 heteroatoms. The van der Waals surface area contributed by atoms with Gasteiger partial charge in [0.1, 0.15) is 5.82 Å². The predicted octanol–water partition coefficient (Wildman–Crippen LogP) is 2.91. The van der Waals surface area contributed by atoms with Crippen LogP contribution in [0.5, 0.6) is 0 Å². The minimum Gasteiger partial charge on any atom is -0.355 e. The summed E-state index contributed by atoms with van der Waals surface area (Å²) >= 11 is 0. The Hall–Kier alpha value is -2.77. The molecular formula is C22H28N6O. The quantitative estimate of drug-likeness (QED) is 0.613. The average Bonchev–Trinajstić information content (AvgIpc) is 3.23. The van der Waals surface area contributed by atoms with E-state index < -0.39 is 0 Å². The van der Waals surface area contributed by atoms with Gasteiger partial charge >= 0.3 is 0 Å². The fourth-order valence-electron chi connectivity index (χ4n) is 3.57. The van der Waals surface area contributed by atoms with Crippen molar-refractivity contribution in [3.05, 3.63) is 60.1 Å². The Morgan fingerprint density at radius 2 is 1.76 bits per heavy atom. The second-order valence-corrected chi connectivity index (χ2v) is 7.47. The Kier molecular flexibility index (Phi) is 6.17. The van der Waals surface area contributed by atoms with Crippen LogP contribution in [0.15, 0.2) is 53.2 Å². The highest BCUT2D eigenvalue weighted by molar-refractivity contribution is 5.55. The SMILES string of the molecule is CCN1CCN(Cc2nc(-c3ccc(N(C)Cc4ccccc4)nc3)no2)CC1. The Morgan fingerprint density at radius 1 is 1.00 bits per heavy atom. The standard InChI is InChI=1S/C22H28N6O/c1-3-27-11-13-28(14-12-27)17-21-24-22(25-29-21)19-9-10-20(23-15-19)26(2)16-18-7-5-4-6-8-18/h4-10,15H,3,11-14,16-17H2,1-2H3. The van der Waals surface area contributed by atoms with Gasteiger partial charge < -0.3 is 14.3 Å². The molecule has 1 aromatic carbocycles. The van der Waals surface area contributed by atoms with Crippen molar-refractivity contribution >= 4 is 5.82 Å². The number of aromatic nitrogens is 3. The second kappa shape index (κ2) is 9.15. The highest BCUT2D eigenvalue weighted by atomic mass is 16.5. The lowest BCUT2D eigenvalue weighted by atomic mass is 10.2. The van der Waals surface area contributed by atoms with Crippen LogP contribution in [0.2, 0.25) is 0 Å². The molecule has 1 aliphatic rings. The normalized spacial score (nSPS) is 15.5. The fourth-order valence-corrected chi connectivity index (χ4v) is 3.57. The topological polar surface area (TPSA) is 61.5 Å². The Morgan fingerprint density at radius 3 is 2.45 bits per heavy atom. The van der Waals surface area contributed by atoms with E-state index in [9.17, 15) is 0 Å². The van der Waals surface area contributed by atoms with E-state index in [1.54, 1.807) is 0 Å². The zero-order chi connectivity index (χ0) is 20.1. The summed E-state index contributed by atoms with van der Waals surface area (Å²) in [5.41, 5.74) is 2.12. The highest BCUT2D eigenvalue weighted by Crippen LogP contribution is 2.19. The maximum absolute atomic E-state index is 5.48. The lowest BCUT2D eigenvalue weighted by Gasteiger charge is -2.33. The molecule has 0 aliphatic carbocycles. The molecular weight excluding hydrogens is 364 g/mol. The summed E-state index contributed by atoms with van der Waals surface area (Å²) in [5, 5.41) is 4.15. The molecule has 0 N–H and O–H groups in total. The first-order chi connectivity index (χ1) is 14.2. The van der Waals surface area contributed by atoms with Crippen LogP contribution in [-0.2, 0) is 13.1 Å². The molecule has 0 amide bonds. The van der Waals surface area contributed by atoms with Gasteiger partial charge in [-0.15, -0.1) is 0 Å². The molecule has 0 bridgehead atoms. The number of pyridine rings is 1. The van der Waals surface area contributed by atoms with Crippen LogP contribution < -0.4 is 4.90 Å². The van der Waals surface area contributed by atoms with Crippen molar-refractivity contribution in [2.75, 3.05) is 44.7 Å². The van der Waals surface area contributed by atoms with Crippen LogP contribution in [0.25, 0.3) is 11.4 Å². The summed E-state index contributed by atoms with van der Waals surface area (Å²) in [7, 11) is 2.04. The number of nitrogens with zero attached hydrogens (tertiary/aromatic N) is 6. The molecule has 0 spiro atoms. The maximum Gasteiger partial charge on any atom is 0.241 e. The predicted molar refractivity (Wildman–Crippen MR) is 113 cm³/mol. The summed E-state index contributed by atoms with van der Waals surface area (Å²) < 4.78 is 5.48.